The quantitative estimate of drug-likeness (QED) is 0.439. The Labute approximate surface area is 156 Å². The van der Waals surface area contributed by atoms with E-state index in [0.29, 0.717) is 18.2 Å². The second kappa shape index (κ2) is 11.5. The highest BCUT2D eigenvalue weighted by Crippen LogP contribution is 2.36. The van der Waals surface area contributed by atoms with Crippen LogP contribution in [0, 0.1) is 11.8 Å². The normalized spacial score (nSPS) is 12.1. The lowest BCUT2D eigenvalue weighted by Crippen LogP contribution is -2.34. The number of carbonyl (C=O) groups is 2. The number of aromatic nitrogens is 1. The molecule has 0 aliphatic heterocycles. The molecule has 1 rings (SSSR count). The predicted molar refractivity (Wildman–Crippen MR) is 99.0 cm³/mol. The summed E-state index contributed by atoms with van der Waals surface area (Å²) in [5.74, 6) is -1.61. The predicted octanol–water partition coefficient (Wildman–Crippen LogP) is 3.74. The lowest BCUT2D eigenvalue weighted by Gasteiger charge is -2.25. The fourth-order valence-corrected chi connectivity index (χ4v) is 2.99. The van der Waals surface area contributed by atoms with Gasteiger partial charge in [-0.1, -0.05) is 32.8 Å². The molecule has 0 saturated carbocycles. The third-order valence-corrected chi connectivity index (χ3v) is 4.17. The summed E-state index contributed by atoms with van der Waals surface area (Å²) in [5.41, 5.74) is 0.727. The molecule has 26 heavy (non-hydrogen) atoms. The smallest absolute Gasteiger partial charge is 0.320 e. The zero-order valence-electron chi connectivity index (χ0n) is 16.5. The van der Waals surface area contributed by atoms with Crippen molar-refractivity contribution < 1.29 is 23.8 Å². The lowest BCUT2D eigenvalue weighted by atomic mass is 9.82. The average Bonchev–Trinajstić information content (AvgIpc) is 2.61. The summed E-state index contributed by atoms with van der Waals surface area (Å²) in [6.45, 7) is 8.15. The molecule has 6 heteroatoms. The average molecular weight is 365 g/mol. The largest absolute Gasteiger partial charge is 0.481 e. The van der Waals surface area contributed by atoms with Crippen LogP contribution in [0.5, 0.6) is 5.88 Å². The molecule has 0 aliphatic rings. The standard InChI is InChI=1S/C20H31NO5/c1-6-25-19(22)17(20(23)26-7-2)15(11-8-10-14(3)4)16-12-9-13-21-18(16)24-5/h9,12-15,17H,6-8,10-11H2,1-5H3. The Morgan fingerprint density at radius 2 is 1.69 bits per heavy atom. The van der Waals surface area contributed by atoms with Crippen molar-refractivity contribution in [3.63, 3.8) is 0 Å². The molecule has 0 bridgehead atoms. The Morgan fingerprint density at radius 1 is 1.08 bits per heavy atom. The third kappa shape index (κ3) is 6.32. The first-order valence-electron chi connectivity index (χ1n) is 9.28. The van der Waals surface area contributed by atoms with E-state index in [1.807, 2.05) is 6.07 Å². The van der Waals surface area contributed by atoms with Crippen LogP contribution in [0.15, 0.2) is 18.3 Å². The number of hydrogen-bond acceptors (Lipinski definition) is 6. The Kier molecular flexibility index (Phi) is 9.70. The van der Waals surface area contributed by atoms with Crippen LogP contribution in [0.3, 0.4) is 0 Å². The van der Waals surface area contributed by atoms with Gasteiger partial charge in [0, 0.05) is 17.7 Å². The first kappa shape index (κ1) is 21.9. The molecule has 1 heterocycles. The number of hydrogen-bond donors (Lipinski definition) is 0. The second-order valence-corrected chi connectivity index (χ2v) is 6.51. The van der Waals surface area contributed by atoms with Crippen LogP contribution in [-0.4, -0.2) is 37.2 Å². The van der Waals surface area contributed by atoms with Gasteiger partial charge in [0.15, 0.2) is 5.92 Å². The summed E-state index contributed by atoms with van der Waals surface area (Å²) < 4.78 is 15.7. The molecular weight excluding hydrogens is 334 g/mol. The maximum absolute atomic E-state index is 12.6. The van der Waals surface area contributed by atoms with Gasteiger partial charge in [0.05, 0.1) is 20.3 Å². The summed E-state index contributed by atoms with van der Waals surface area (Å²) in [6, 6.07) is 3.62. The van der Waals surface area contributed by atoms with E-state index in [9.17, 15) is 9.59 Å². The maximum Gasteiger partial charge on any atom is 0.320 e. The Bertz CT molecular complexity index is 555. The van der Waals surface area contributed by atoms with Gasteiger partial charge in [-0.25, -0.2) is 4.98 Å². The third-order valence-electron chi connectivity index (χ3n) is 4.17. The van der Waals surface area contributed by atoms with Crippen molar-refractivity contribution in [2.75, 3.05) is 20.3 Å². The molecule has 1 unspecified atom stereocenters. The first-order chi connectivity index (χ1) is 12.5. The van der Waals surface area contributed by atoms with E-state index in [-0.39, 0.29) is 13.2 Å². The van der Waals surface area contributed by atoms with Crippen LogP contribution in [-0.2, 0) is 19.1 Å². The minimum absolute atomic E-state index is 0.206. The molecule has 0 N–H and O–H groups in total. The number of esters is 2. The van der Waals surface area contributed by atoms with Crippen molar-refractivity contribution >= 4 is 11.9 Å². The van der Waals surface area contributed by atoms with E-state index in [4.69, 9.17) is 14.2 Å². The van der Waals surface area contributed by atoms with Gasteiger partial charge in [-0.15, -0.1) is 0 Å². The molecule has 1 atom stereocenters. The molecule has 0 aliphatic carbocycles. The monoisotopic (exact) mass is 365 g/mol. The highest BCUT2D eigenvalue weighted by molar-refractivity contribution is 5.96. The van der Waals surface area contributed by atoms with Crippen molar-refractivity contribution in [3.8, 4) is 5.88 Å². The highest BCUT2D eigenvalue weighted by atomic mass is 16.6. The van der Waals surface area contributed by atoms with Crippen molar-refractivity contribution in [2.24, 2.45) is 11.8 Å². The molecule has 0 fully saturated rings. The molecular formula is C20H31NO5. The Balaban J connectivity index is 3.27. The summed E-state index contributed by atoms with van der Waals surface area (Å²) in [4.78, 5) is 29.4. The number of carbonyl (C=O) groups excluding carboxylic acids is 2. The number of methoxy groups -OCH3 is 1. The molecule has 6 nitrogen and oxygen atoms in total. The van der Waals surface area contributed by atoms with Crippen molar-refractivity contribution in [3.05, 3.63) is 23.9 Å². The van der Waals surface area contributed by atoms with Crippen LogP contribution in [0.1, 0.15) is 58.4 Å². The maximum atomic E-state index is 12.6. The molecule has 1 aromatic heterocycles. The van der Waals surface area contributed by atoms with Gasteiger partial charge in [0.2, 0.25) is 5.88 Å². The summed E-state index contributed by atoms with van der Waals surface area (Å²) in [5, 5.41) is 0. The second-order valence-electron chi connectivity index (χ2n) is 6.51. The van der Waals surface area contributed by atoms with E-state index in [1.165, 1.54) is 7.11 Å². The minimum atomic E-state index is -1.03. The molecule has 1 aromatic rings. The van der Waals surface area contributed by atoms with E-state index in [2.05, 4.69) is 18.8 Å². The Hall–Kier alpha value is -2.11. The number of ether oxygens (including phenoxy) is 3. The van der Waals surface area contributed by atoms with E-state index < -0.39 is 23.8 Å². The van der Waals surface area contributed by atoms with Crippen LogP contribution >= 0.6 is 0 Å². The van der Waals surface area contributed by atoms with Gasteiger partial charge < -0.3 is 14.2 Å². The summed E-state index contributed by atoms with van der Waals surface area (Å²) >= 11 is 0. The van der Waals surface area contributed by atoms with Crippen molar-refractivity contribution in [1.29, 1.82) is 0 Å². The summed E-state index contributed by atoms with van der Waals surface area (Å²) in [6.07, 6.45) is 4.13. The van der Waals surface area contributed by atoms with Gasteiger partial charge in [0.25, 0.3) is 0 Å². The van der Waals surface area contributed by atoms with Crippen LogP contribution in [0.4, 0.5) is 0 Å². The van der Waals surface area contributed by atoms with Gasteiger partial charge in [-0.05, 0) is 32.3 Å². The van der Waals surface area contributed by atoms with Gasteiger partial charge in [-0.3, -0.25) is 9.59 Å². The molecule has 0 radical (unpaired) electrons. The lowest BCUT2D eigenvalue weighted by molar-refractivity contribution is -0.163. The van der Waals surface area contributed by atoms with E-state index >= 15 is 0 Å². The number of nitrogens with zero attached hydrogens (tertiary/aromatic N) is 1. The number of rotatable bonds is 11. The zero-order chi connectivity index (χ0) is 19.5. The topological polar surface area (TPSA) is 74.7 Å². The molecule has 0 saturated heterocycles. The highest BCUT2D eigenvalue weighted by Gasteiger charge is 2.39. The van der Waals surface area contributed by atoms with Gasteiger partial charge in [-0.2, -0.15) is 0 Å². The Morgan fingerprint density at radius 3 is 2.19 bits per heavy atom. The van der Waals surface area contributed by atoms with Crippen LogP contribution in [0.25, 0.3) is 0 Å². The minimum Gasteiger partial charge on any atom is -0.481 e. The fraction of sp³-hybridized carbons (Fsp3) is 0.650. The number of pyridine rings is 1. The van der Waals surface area contributed by atoms with Crippen LogP contribution in [0.2, 0.25) is 0 Å². The van der Waals surface area contributed by atoms with E-state index in [1.54, 1.807) is 26.1 Å². The van der Waals surface area contributed by atoms with Crippen molar-refractivity contribution in [2.45, 2.75) is 52.9 Å². The van der Waals surface area contributed by atoms with E-state index in [0.717, 1.165) is 18.4 Å². The fourth-order valence-electron chi connectivity index (χ4n) is 2.99. The molecule has 146 valence electrons. The zero-order valence-corrected chi connectivity index (χ0v) is 16.5. The SMILES string of the molecule is CCOC(=O)C(C(=O)OCC)C(CCCC(C)C)c1cccnc1OC. The summed E-state index contributed by atoms with van der Waals surface area (Å²) in [7, 11) is 1.53. The van der Waals surface area contributed by atoms with Gasteiger partial charge in [0.1, 0.15) is 0 Å². The van der Waals surface area contributed by atoms with Crippen LogP contribution < -0.4 is 4.74 Å². The van der Waals surface area contributed by atoms with Crippen molar-refractivity contribution in [1.82, 2.24) is 4.98 Å². The molecule has 0 amide bonds. The molecule has 0 aromatic carbocycles. The first-order valence-corrected chi connectivity index (χ1v) is 9.28. The molecule has 0 spiro atoms. The van der Waals surface area contributed by atoms with Gasteiger partial charge >= 0.3 is 11.9 Å².